The third kappa shape index (κ3) is 7.39. The molecule has 2 atom stereocenters. The van der Waals surface area contributed by atoms with E-state index in [0.29, 0.717) is 12.6 Å². The maximum Gasteiger partial charge on any atom is 0.191 e. The van der Waals surface area contributed by atoms with Crippen molar-refractivity contribution in [3.8, 4) is 5.75 Å². The maximum atomic E-state index is 10.5. The molecule has 6 nitrogen and oxygen atoms in total. The smallest absolute Gasteiger partial charge is 0.191 e. The summed E-state index contributed by atoms with van der Waals surface area (Å²) in [5.41, 5.74) is 0.832. The van der Waals surface area contributed by atoms with Gasteiger partial charge in [-0.25, -0.2) is 0 Å². The summed E-state index contributed by atoms with van der Waals surface area (Å²) < 4.78 is 5.71. The van der Waals surface area contributed by atoms with E-state index >= 15 is 0 Å². The molecular weight excluding hydrogens is 340 g/mol. The van der Waals surface area contributed by atoms with Gasteiger partial charge in [0.15, 0.2) is 5.96 Å². The van der Waals surface area contributed by atoms with Gasteiger partial charge in [-0.05, 0) is 65.3 Å². The van der Waals surface area contributed by atoms with Crippen LogP contribution in [0.2, 0.25) is 0 Å². The first-order valence-electron chi connectivity index (χ1n) is 10.1. The van der Waals surface area contributed by atoms with Gasteiger partial charge in [-0.15, -0.1) is 0 Å². The van der Waals surface area contributed by atoms with Crippen molar-refractivity contribution in [1.29, 1.82) is 0 Å². The quantitative estimate of drug-likeness (QED) is 0.432. The molecule has 0 saturated heterocycles. The summed E-state index contributed by atoms with van der Waals surface area (Å²) in [4.78, 5) is 7.09. The molecule has 1 aliphatic rings. The summed E-state index contributed by atoms with van der Waals surface area (Å²) in [5.74, 6) is 1.52. The van der Waals surface area contributed by atoms with Crippen LogP contribution in [0.15, 0.2) is 29.3 Å². The molecule has 1 aliphatic carbocycles. The fourth-order valence-electron chi connectivity index (χ4n) is 2.91. The van der Waals surface area contributed by atoms with Crippen LogP contribution in [0.1, 0.15) is 52.2 Å². The van der Waals surface area contributed by atoms with Crippen LogP contribution in [-0.2, 0) is 0 Å². The van der Waals surface area contributed by atoms with Crippen LogP contribution in [0.4, 0.5) is 0 Å². The van der Waals surface area contributed by atoms with Crippen LogP contribution in [0.3, 0.4) is 0 Å². The van der Waals surface area contributed by atoms with Gasteiger partial charge in [0.1, 0.15) is 5.75 Å². The molecule has 0 spiro atoms. The molecule has 1 fully saturated rings. The van der Waals surface area contributed by atoms with Crippen LogP contribution in [0.25, 0.3) is 0 Å². The van der Waals surface area contributed by atoms with Crippen molar-refractivity contribution in [2.45, 2.75) is 64.8 Å². The average Bonchev–Trinajstić information content (AvgIpc) is 3.47. The summed E-state index contributed by atoms with van der Waals surface area (Å²) in [6, 6.07) is 8.76. The predicted molar refractivity (Wildman–Crippen MR) is 111 cm³/mol. The third-order valence-electron chi connectivity index (χ3n) is 4.75. The molecule has 0 aromatic heterocycles. The number of nitrogens with one attached hydrogen (secondary N) is 2. The van der Waals surface area contributed by atoms with Gasteiger partial charge < -0.3 is 20.5 Å². The number of rotatable bonds is 10. The van der Waals surface area contributed by atoms with Crippen LogP contribution < -0.4 is 15.4 Å². The lowest BCUT2D eigenvalue weighted by atomic mass is 10.1. The highest BCUT2D eigenvalue weighted by Crippen LogP contribution is 2.26. The molecule has 0 aliphatic heterocycles. The number of hydrogen-bond donors (Lipinski definition) is 3. The number of ether oxygens (including phenoxy) is 1. The summed E-state index contributed by atoms with van der Waals surface area (Å²) in [5, 5.41) is 17.0. The zero-order chi connectivity index (χ0) is 19.8. The largest absolute Gasteiger partial charge is 0.491 e. The van der Waals surface area contributed by atoms with Gasteiger partial charge in [0.05, 0.1) is 18.8 Å². The van der Waals surface area contributed by atoms with Crippen LogP contribution in [-0.4, -0.2) is 60.8 Å². The Kier molecular flexibility index (Phi) is 8.38. The molecule has 1 aromatic carbocycles. The van der Waals surface area contributed by atoms with E-state index in [1.54, 1.807) is 0 Å². The van der Waals surface area contributed by atoms with E-state index in [1.165, 1.54) is 12.8 Å². The number of nitrogens with zero attached hydrogens (tertiary/aromatic N) is 2. The van der Waals surface area contributed by atoms with E-state index in [4.69, 9.17) is 4.74 Å². The zero-order valence-electron chi connectivity index (χ0n) is 17.4. The second-order valence-electron chi connectivity index (χ2n) is 7.60. The fraction of sp³-hybridized carbons (Fsp3) is 0.667. The highest BCUT2D eigenvalue weighted by Gasteiger charge is 2.28. The van der Waals surface area contributed by atoms with Crippen molar-refractivity contribution in [2.24, 2.45) is 4.99 Å². The summed E-state index contributed by atoms with van der Waals surface area (Å²) in [7, 11) is 2.17. The molecule has 27 heavy (non-hydrogen) atoms. The highest BCUT2D eigenvalue weighted by atomic mass is 16.5. The van der Waals surface area contributed by atoms with E-state index in [1.807, 2.05) is 45.0 Å². The second kappa shape index (κ2) is 10.5. The summed E-state index contributed by atoms with van der Waals surface area (Å²) in [6.07, 6.45) is 2.08. The first kappa shape index (κ1) is 21.5. The Morgan fingerprint density at radius 2 is 2.04 bits per heavy atom. The standard InChI is InChI=1S/C21H36N4O2/c1-6-22-21(23-13-16(4)25(5)18-10-11-18)24-14-20(26)17-8-7-9-19(12-17)27-15(2)3/h7-9,12,15-16,18,20,26H,6,10-11,13-14H2,1-5H3,(H2,22,23,24). The molecule has 1 aromatic rings. The zero-order valence-corrected chi connectivity index (χ0v) is 17.4. The molecule has 152 valence electrons. The lowest BCUT2D eigenvalue weighted by molar-refractivity contribution is 0.179. The molecule has 2 unspecified atom stereocenters. The SMILES string of the molecule is CCNC(=NCC(C)N(C)C1CC1)NCC(O)c1cccc(OC(C)C)c1. The molecule has 0 bridgehead atoms. The van der Waals surface area contributed by atoms with Crippen molar-refractivity contribution < 1.29 is 9.84 Å². The normalized spacial score (nSPS) is 17.1. The Labute approximate surface area is 164 Å². The number of guanidine groups is 1. The Bertz CT molecular complexity index is 602. The maximum absolute atomic E-state index is 10.5. The minimum absolute atomic E-state index is 0.110. The van der Waals surface area contributed by atoms with Gasteiger partial charge in [-0.2, -0.15) is 0 Å². The van der Waals surface area contributed by atoms with Gasteiger partial charge >= 0.3 is 0 Å². The Hall–Kier alpha value is -1.79. The average molecular weight is 377 g/mol. The van der Waals surface area contributed by atoms with E-state index in [-0.39, 0.29) is 6.10 Å². The molecule has 6 heteroatoms. The topological polar surface area (TPSA) is 69.1 Å². The number of aliphatic hydroxyl groups excluding tert-OH is 1. The van der Waals surface area contributed by atoms with Crippen molar-refractivity contribution in [3.05, 3.63) is 29.8 Å². The lowest BCUT2D eigenvalue weighted by Crippen LogP contribution is -2.41. The first-order chi connectivity index (χ1) is 12.9. The van der Waals surface area contributed by atoms with E-state index in [0.717, 1.165) is 36.4 Å². The van der Waals surface area contributed by atoms with Crippen molar-refractivity contribution in [3.63, 3.8) is 0 Å². The van der Waals surface area contributed by atoms with Gasteiger partial charge in [0.2, 0.25) is 0 Å². The summed E-state index contributed by atoms with van der Waals surface area (Å²) in [6.45, 7) is 10.1. The molecule has 0 amide bonds. The van der Waals surface area contributed by atoms with Crippen molar-refractivity contribution >= 4 is 5.96 Å². The molecule has 2 rings (SSSR count). The fourth-order valence-corrected chi connectivity index (χ4v) is 2.91. The van der Waals surface area contributed by atoms with Crippen molar-refractivity contribution in [1.82, 2.24) is 15.5 Å². The van der Waals surface area contributed by atoms with Gasteiger partial charge in [-0.1, -0.05) is 12.1 Å². The lowest BCUT2D eigenvalue weighted by Gasteiger charge is -2.23. The van der Waals surface area contributed by atoms with Crippen LogP contribution in [0.5, 0.6) is 5.75 Å². The molecular formula is C21H36N4O2. The van der Waals surface area contributed by atoms with E-state index < -0.39 is 6.10 Å². The number of benzene rings is 1. The minimum atomic E-state index is -0.629. The van der Waals surface area contributed by atoms with E-state index in [2.05, 4.69) is 34.5 Å². The molecule has 0 radical (unpaired) electrons. The van der Waals surface area contributed by atoms with Gasteiger partial charge in [-0.3, -0.25) is 9.89 Å². The minimum Gasteiger partial charge on any atom is -0.491 e. The Morgan fingerprint density at radius 1 is 1.30 bits per heavy atom. The molecule has 1 saturated carbocycles. The first-order valence-corrected chi connectivity index (χ1v) is 10.1. The number of likely N-dealkylation sites (N-methyl/N-ethyl adjacent to an activating group) is 1. The second-order valence-corrected chi connectivity index (χ2v) is 7.60. The predicted octanol–water partition coefficient (Wildman–Crippen LogP) is 2.54. The van der Waals surface area contributed by atoms with Crippen LogP contribution >= 0.6 is 0 Å². The highest BCUT2D eigenvalue weighted by molar-refractivity contribution is 5.79. The van der Waals surface area contributed by atoms with Gasteiger partial charge in [0.25, 0.3) is 0 Å². The molecule has 3 N–H and O–H groups in total. The monoisotopic (exact) mass is 376 g/mol. The Morgan fingerprint density at radius 3 is 2.67 bits per heavy atom. The van der Waals surface area contributed by atoms with Crippen molar-refractivity contribution in [2.75, 3.05) is 26.7 Å². The Balaban J connectivity index is 1.89. The number of aliphatic imine (C=N–C) groups is 1. The van der Waals surface area contributed by atoms with Crippen LogP contribution in [0, 0.1) is 0 Å². The molecule has 0 heterocycles. The van der Waals surface area contributed by atoms with E-state index in [9.17, 15) is 5.11 Å². The number of aliphatic hydroxyl groups is 1. The number of hydrogen-bond acceptors (Lipinski definition) is 4. The van der Waals surface area contributed by atoms with Gasteiger partial charge in [0, 0.05) is 25.2 Å². The third-order valence-corrected chi connectivity index (χ3v) is 4.75. The summed E-state index contributed by atoms with van der Waals surface area (Å²) >= 11 is 0.